The summed E-state index contributed by atoms with van der Waals surface area (Å²) in [5.41, 5.74) is 0.621. The minimum atomic E-state index is -0.363. The predicted octanol–water partition coefficient (Wildman–Crippen LogP) is 3.93. The number of rotatable bonds is 4. The monoisotopic (exact) mass is 292 g/mol. The summed E-state index contributed by atoms with van der Waals surface area (Å²) < 4.78 is 13.0. The number of hydrogen-bond acceptors (Lipinski definition) is 4. The van der Waals surface area contributed by atoms with Gasteiger partial charge in [-0.05, 0) is 31.0 Å². The van der Waals surface area contributed by atoms with Crippen LogP contribution in [0.1, 0.15) is 24.6 Å². The van der Waals surface area contributed by atoms with Gasteiger partial charge in [-0.15, -0.1) is 0 Å². The van der Waals surface area contributed by atoms with E-state index in [9.17, 15) is 4.39 Å². The number of anilines is 3. The van der Waals surface area contributed by atoms with Gasteiger partial charge in [-0.25, -0.2) is 14.4 Å². The van der Waals surface area contributed by atoms with E-state index in [0.29, 0.717) is 22.4 Å². The third-order valence-electron chi connectivity index (χ3n) is 3.14. The molecule has 0 atom stereocenters. The van der Waals surface area contributed by atoms with E-state index in [1.54, 1.807) is 12.1 Å². The number of nitrogens with one attached hydrogen (secondary N) is 2. The summed E-state index contributed by atoms with van der Waals surface area (Å²) >= 11 is 6.01. The molecule has 1 heterocycles. The second-order valence-electron chi connectivity index (χ2n) is 4.77. The summed E-state index contributed by atoms with van der Waals surface area (Å²) in [7, 11) is 1.81. The highest BCUT2D eigenvalue weighted by molar-refractivity contribution is 6.33. The molecule has 104 valence electrons. The molecule has 0 bridgehead atoms. The summed E-state index contributed by atoms with van der Waals surface area (Å²) in [6.07, 6.45) is 2.26. The zero-order valence-corrected chi connectivity index (χ0v) is 11.7. The normalized spacial score (nSPS) is 14.2. The number of hydrogen-bond donors (Lipinski definition) is 2. The van der Waals surface area contributed by atoms with E-state index >= 15 is 0 Å². The van der Waals surface area contributed by atoms with Crippen LogP contribution in [0.4, 0.5) is 21.7 Å². The first-order valence-corrected chi connectivity index (χ1v) is 6.82. The van der Waals surface area contributed by atoms with Gasteiger partial charge in [0, 0.05) is 19.0 Å². The van der Waals surface area contributed by atoms with Gasteiger partial charge in [0.25, 0.3) is 0 Å². The molecule has 3 rings (SSSR count). The van der Waals surface area contributed by atoms with Crippen molar-refractivity contribution in [1.29, 1.82) is 0 Å². The summed E-state index contributed by atoms with van der Waals surface area (Å²) in [5.74, 6) is 2.32. The first kappa shape index (κ1) is 13.1. The fourth-order valence-corrected chi connectivity index (χ4v) is 2.13. The molecule has 0 unspecified atom stereocenters. The molecule has 1 aromatic heterocycles. The molecule has 0 spiro atoms. The van der Waals surface area contributed by atoms with Gasteiger partial charge >= 0.3 is 0 Å². The average molecular weight is 293 g/mol. The third kappa shape index (κ3) is 2.82. The molecule has 0 amide bonds. The van der Waals surface area contributed by atoms with Crippen molar-refractivity contribution in [3.63, 3.8) is 0 Å². The predicted molar refractivity (Wildman–Crippen MR) is 78.2 cm³/mol. The number of benzene rings is 1. The smallest absolute Gasteiger partial charge is 0.136 e. The summed E-state index contributed by atoms with van der Waals surface area (Å²) in [6, 6.07) is 6.02. The molecule has 1 aromatic carbocycles. The summed E-state index contributed by atoms with van der Waals surface area (Å²) in [6.45, 7) is 0. The molecule has 0 radical (unpaired) electrons. The lowest BCUT2D eigenvalue weighted by molar-refractivity contribution is 0.628. The molecule has 1 saturated carbocycles. The van der Waals surface area contributed by atoms with Gasteiger partial charge in [0.05, 0.1) is 10.7 Å². The van der Waals surface area contributed by atoms with Gasteiger partial charge in [-0.3, -0.25) is 0 Å². The van der Waals surface area contributed by atoms with Crippen LogP contribution in [0, 0.1) is 5.82 Å². The Hall–Kier alpha value is -1.88. The van der Waals surface area contributed by atoms with Gasteiger partial charge in [0.2, 0.25) is 0 Å². The fraction of sp³-hybridized carbons (Fsp3) is 0.286. The van der Waals surface area contributed by atoms with Crippen molar-refractivity contribution < 1.29 is 4.39 Å². The standard InChI is InChI=1S/C14H14ClFN4/c1-17-12-7-13(20-14(19-12)8-2-3-8)18-11-5-4-9(16)6-10(11)15/h4-8H,2-3H2,1H3,(H2,17,18,19,20). The Morgan fingerprint density at radius 3 is 2.60 bits per heavy atom. The first-order chi connectivity index (χ1) is 9.65. The van der Waals surface area contributed by atoms with E-state index in [2.05, 4.69) is 20.6 Å². The van der Waals surface area contributed by atoms with Gasteiger partial charge in [0.15, 0.2) is 0 Å². The number of nitrogens with zero attached hydrogens (tertiary/aromatic N) is 2. The lowest BCUT2D eigenvalue weighted by Gasteiger charge is -2.10. The maximum atomic E-state index is 13.0. The summed E-state index contributed by atoms with van der Waals surface area (Å²) in [4.78, 5) is 8.92. The van der Waals surface area contributed by atoms with Crippen molar-refractivity contribution in [2.45, 2.75) is 18.8 Å². The fourth-order valence-electron chi connectivity index (χ4n) is 1.91. The van der Waals surface area contributed by atoms with Gasteiger partial charge in [-0.2, -0.15) is 0 Å². The first-order valence-electron chi connectivity index (χ1n) is 6.44. The molecule has 0 aliphatic heterocycles. The lowest BCUT2D eigenvalue weighted by atomic mass is 10.3. The van der Waals surface area contributed by atoms with E-state index in [1.165, 1.54) is 12.1 Å². The quantitative estimate of drug-likeness (QED) is 0.896. The molecule has 0 saturated heterocycles. The van der Waals surface area contributed by atoms with Crippen molar-refractivity contribution in [2.24, 2.45) is 0 Å². The Morgan fingerprint density at radius 2 is 1.95 bits per heavy atom. The molecule has 4 nitrogen and oxygen atoms in total. The second kappa shape index (κ2) is 5.25. The van der Waals surface area contributed by atoms with Crippen molar-refractivity contribution in [2.75, 3.05) is 17.7 Å². The molecule has 6 heteroatoms. The SMILES string of the molecule is CNc1cc(Nc2ccc(F)cc2Cl)nc(C2CC2)n1. The highest BCUT2D eigenvalue weighted by atomic mass is 35.5. The molecule has 20 heavy (non-hydrogen) atoms. The Balaban J connectivity index is 1.91. The van der Waals surface area contributed by atoms with Crippen molar-refractivity contribution in [3.05, 3.63) is 40.9 Å². The van der Waals surface area contributed by atoms with Crippen LogP contribution in [0.25, 0.3) is 0 Å². The van der Waals surface area contributed by atoms with E-state index < -0.39 is 0 Å². The summed E-state index contributed by atoms with van der Waals surface area (Å²) in [5, 5.41) is 6.45. The van der Waals surface area contributed by atoms with Crippen LogP contribution in [0.2, 0.25) is 5.02 Å². The van der Waals surface area contributed by atoms with Crippen LogP contribution in [-0.2, 0) is 0 Å². The van der Waals surface area contributed by atoms with Gasteiger partial charge in [-0.1, -0.05) is 11.6 Å². The molecular weight excluding hydrogens is 279 g/mol. The van der Waals surface area contributed by atoms with Crippen LogP contribution in [0.15, 0.2) is 24.3 Å². The molecular formula is C14H14ClFN4. The zero-order valence-electron chi connectivity index (χ0n) is 11.0. The van der Waals surface area contributed by atoms with Crippen LogP contribution < -0.4 is 10.6 Å². The zero-order chi connectivity index (χ0) is 14.1. The van der Waals surface area contributed by atoms with Crippen molar-refractivity contribution in [3.8, 4) is 0 Å². The maximum Gasteiger partial charge on any atom is 0.136 e. The molecule has 1 fully saturated rings. The lowest BCUT2D eigenvalue weighted by Crippen LogP contribution is -2.03. The van der Waals surface area contributed by atoms with Gasteiger partial charge < -0.3 is 10.6 Å². The van der Waals surface area contributed by atoms with Crippen LogP contribution in [-0.4, -0.2) is 17.0 Å². The molecule has 2 N–H and O–H groups in total. The van der Waals surface area contributed by atoms with Gasteiger partial charge in [0.1, 0.15) is 23.3 Å². The van der Waals surface area contributed by atoms with Crippen molar-refractivity contribution >= 4 is 28.9 Å². The van der Waals surface area contributed by atoms with Crippen LogP contribution in [0.5, 0.6) is 0 Å². The third-order valence-corrected chi connectivity index (χ3v) is 3.45. The Labute approximate surface area is 121 Å². The average Bonchev–Trinajstić information content (AvgIpc) is 3.26. The highest BCUT2D eigenvalue weighted by Crippen LogP contribution is 2.39. The van der Waals surface area contributed by atoms with E-state index in [0.717, 1.165) is 24.5 Å². The Morgan fingerprint density at radius 1 is 1.20 bits per heavy atom. The van der Waals surface area contributed by atoms with E-state index in [-0.39, 0.29) is 5.82 Å². The molecule has 2 aromatic rings. The highest BCUT2D eigenvalue weighted by Gasteiger charge is 2.27. The topological polar surface area (TPSA) is 49.8 Å². The molecule has 1 aliphatic rings. The maximum absolute atomic E-state index is 13.0. The Kier molecular flexibility index (Phi) is 3.44. The largest absolute Gasteiger partial charge is 0.373 e. The van der Waals surface area contributed by atoms with E-state index in [4.69, 9.17) is 11.6 Å². The Bertz CT molecular complexity index is 643. The minimum absolute atomic E-state index is 0.322. The number of aromatic nitrogens is 2. The van der Waals surface area contributed by atoms with Crippen LogP contribution in [0.3, 0.4) is 0 Å². The number of halogens is 2. The minimum Gasteiger partial charge on any atom is -0.373 e. The van der Waals surface area contributed by atoms with Crippen molar-refractivity contribution in [1.82, 2.24) is 9.97 Å². The second-order valence-corrected chi connectivity index (χ2v) is 5.18. The van der Waals surface area contributed by atoms with Crippen LogP contribution >= 0.6 is 11.6 Å². The van der Waals surface area contributed by atoms with E-state index in [1.807, 2.05) is 7.05 Å². The molecule has 1 aliphatic carbocycles.